The van der Waals surface area contributed by atoms with Crippen molar-refractivity contribution < 1.29 is 9.21 Å². The van der Waals surface area contributed by atoms with E-state index in [2.05, 4.69) is 5.10 Å². The van der Waals surface area contributed by atoms with Gasteiger partial charge in [-0.3, -0.25) is 9.48 Å². The van der Waals surface area contributed by atoms with Crippen LogP contribution in [0.4, 0.5) is 0 Å². The summed E-state index contributed by atoms with van der Waals surface area (Å²) < 4.78 is 6.66. The second-order valence-corrected chi connectivity index (χ2v) is 5.44. The highest BCUT2D eigenvalue weighted by molar-refractivity contribution is 6.30. The average Bonchev–Trinajstić information content (AvgIpc) is 3.12. The van der Waals surface area contributed by atoms with E-state index >= 15 is 0 Å². The van der Waals surface area contributed by atoms with Crippen LogP contribution in [0.1, 0.15) is 40.5 Å². The van der Waals surface area contributed by atoms with Crippen LogP contribution in [0, 0.1) is 6.92 Å². The number of amides is 1. The molecule has 106 valence electrons. The lowest BCUT2D eigenvalue weighted by atomic mass is 10.1. The molecule has 5 nitrogen and oxygen atoms in total. The molecule has 1 atom stereocenters. The summed E-state index contributed by atoms with van der Waals surface area (Å²) in [5.74, 6) is -0.0134. The Bertz CT molecular complexity index is 633. The average molecular weight is 294 g/mol. The molecule has 6 heteroatoms. The highest BCUT2D eigenvalue weighted by Gasteiger charge is 2.34. The monoisotopic (exact) mass is 293 g/mol. The van der Waals surface area contributed by atoms with Crippen molar-refractivity contribution in [1.82, 2.24) is 14.7 Å². The summed E-state index contributed by atoms with van der Waals surface area (Å²) in [7, 11) is 1.82. The summed E-state index contributed by atoms with van der Waals surface area (Å²) in [6.07, 6.45) is 4.88. The van der Waals surface area contributed by atoms with Gasteiger partial charge in [-0.25, -0.2) is 0 Å². The fourth-order valence-corrected chi connectivity index (χ4v) is 3.19. The maximum Gasteiger partial charge on any atom is 0.257 e. The molecular formula is C14H16ClN3O2. The minimum absolute atomic E-state index is 0.00130. The third-order valence-corrected chi connectivity index (χ3v) is 4.26. The predicted octanol–water partition coefficient (Wildman–Crippen LogP) is 2.95. The maximum absolute atomic E-state index is 12.5. The van der Waals surface area contributed by atoms with E-state index in [9.17, 15) is 4.79 Å². The summed E-state index contributed by atoms with van der Waals surface area (Å²) in [6.45, 7) is 2.67. The zero-order valence-corrected chi connectivity index (χ0v) is 12.2. The van der Waals surface area contributed by atoms with Crippen molar-refractivity contribution in [1.29, 1.82) is 0 Å². The quantitative estimate of drug-likeness (QED) is 0.855. The number of furan rings is 1. The summed E-state index contributed by atoms with van der Waals surface area (Å²) in [5.41, 5.74) is 2.42. The lowest BCUT2D eigenvalue weighted by Gasteiger charge is -2.24. The first kappa shape index (κ1) is 13.2. The highest BCUT2D eigenvalue weighted by atomic mass is 35.5. The first-order valence-electron chi connectivity index (χ1n) is 6.61. The molecule has 0 N–H and O–H groups in total. The van der Waals surface area contributed by atoms with Crippen LogP contribution in [0.2, 0.25) is 5.15 Å². The van der Waals surface area contributed by atoms with E-state index in [4.69, 9.17) is 16.0 Å². The van der Waals surface area contributed by atoms with Crippen LogP contribution in [-0.4, -0.2) is 27.1 Å². The number of nitrogens with zero attached hydrogens (tertiary/aromatic N) is 3. The summed E-state index contributed by atoms with van der Waals surface area (Å²) >= 11 is 6.33. The Hall–Kier alpha value is -1.75. The molecule has 0 bridgehead atoms. The fourth-order valence-electron chi connectivity index (χ4n) is 2.89. The second kappa shape index (κ2) is 4.98. The normalized spacial score (nSPS) is 18.8. The molecule has 1 aliphatic rings. The number of carbonyl (C=O) groups excluding carboxylic acids is 1. The number of halogens is 1. The SMILES string of the molecule is Cc1nn(C)c(Cl)c1C1CCCN1C(=O)c1ccoc1. The number of aromatic nitrogens is 2. The van der Waals surface area contributed by atoms with Gasteiger partial charge < -0.3 is 9.32 Å². The van der Waals surface area contributed by atoms with Crippen LogP contribution in [0.5, 0.6) is 0 Å². The van der Waals surface area contributed by atoms with Gasteiger partial charge in [0.25, 0.3) is 5.91 Å². The van der Waals surface area contributed by atoms with Crippen molar-refractivity contribution in [2.45, 2.75) is 25.8 Å². The van der Waals surface area contributed by atoms with Crippen LogP contribution in [-0.2, 0) is 7.05 Å². The van der Waals surface area contributed by atoms with Crippen LogP contribution < -0.4 is 0 Å². The lowest BCUT2D eigenvalue weighted by Crippen LogP contribution is -2.30. The molecular weight excluding hydrogens is 278 g/mol. The first-order valence-corrected chi connectivity index (χ1v) is 6.99. The molecule has 20 heavy (non-hydrogen) atoms. The minimum Gasteiger partial charge on any atom is -0.472 e. The van der Waals surface area contributed by atoms with Crippen molar-refractivity contribution in [3.8, 4) is 0 Å². The Morgan fingerprint density at radius 1 is 1.55 bits per heavy atom. The van der Waals surface area contributed by atoms with Gasteiger partial charge in [0.1, 0.15) is 11.4 Å². The predicted molar refractivity (Wildman–Crippen MR) is 74.7 cm³/mol. The van der Waals surface area contributed by atoms with E-state index in [1.165, 1.54) is 12.5 Å². The van der Waals surface area contributed by atoms with E-state index in [0.717, 1.165) is 30.6 Å². The molecule has 0 radical (unpaired) electrons. The van der Waals surface area contributed by atoms with Crippen molar-refractivity contribution in [2.75, 3.05) is 6.54 Å². The molecule has 2 aromatic heterocycles. The van der Waals surface area contributed by atoms with Gasteiger partial charge in [-0.2, -0.15) is 5.10 Å². The molecule has 1 saturated heterocycles. The van der Waals surface area contributed by atoms with E-state index in [-0.39, 0.29) is 11.9 Å². The van der Waals surface area contributed by atoms with Gasteiger partial charge in [0.2, 0.25) is 0 Å². The first-order chi connectivity index (χ1) is 9.59. The van der Waals surface area contributed by atoms with Crippen LogP contribution in [0.3, 0.4) is 0 Å². The van der Waals surface area contributed by atoms with Crippen molar-refractivity contribution in [3.63, 3.8) is 0 Å². The topological polar surface area (TPSA) is 51.3 Å². The molecule has 1 aliphatic heterocycles. The molecule has 0 saturated carbocycles. The van der Waals surface area contributed by atoms with Gasteiger partial charge in [0.05, 0.1) is 23.6 Å². The largest absolute Gasteiger partial charge is 0.472 e. The highest BCUT2D eigenvalue weighted by Crippen LogP contribution is 2.38. The van der Waals surface area contributed by atoms with E-state index in [0.29, 0.717) is 10.7 Å². The number of hydrogen-bond acceptors (Lipinski definition) is 3. The van der Waals surface area contributed by atoms with Crippen molar-refractivity contribution >= 4 is 17.5 Å². The lowest BCUT2D eigenvalue weighted by molar-refractivity contribution is 0.0734. The smallest absolute Gasteiger partial charge is 0.257 e. The molecule has 1 unspecified atom stereocenters. The molecule has 3 rings (SSSR count). The minimum atomic E-state index is -0.0134. The Balaban J connectivity index is 1.95. The molecule has 3 heterocycles. The van der Waals surface area contributed by atoms with Gasteiger partial charge in [-0.1, -0.05) is 11.6 Å². The van der Waals surface area contributed by atoms with Gasteiger partial charge >= 0.3 is 0 Å². The number of aryl methyl sites for hydroxylation is 2. The summed E-state index contributed by atoms with van der Waals surface area (Å²) in [4.78, 5) is 14.4. The summed E-state index contributed by atoms with van der Waals surface area (Å²) in [5, 5.41) is 4.95. The van der Waals surface area contributed by atoms with Crippen LogP contribution >= 0.6 is 11.6 Å². The van der Waals surface area contributed by atoms with E-state index in [1.54, 1.807) is 10.7 Å². The number of rotatable bonds is 2. The Labute approximate surface area is 122 Å². The van der Waals surface area contributed by atoms with Crippen LogP contribution in [0.25, 0.3) is 0 Å². The Kier molecular flexibility index (Phi) is 3.30. The van der Waals surface area contributed by atoms with Crippen molar-refractivity contribution in [2.24, 2.45) is 7.05 Å². The Morgan fingerprint density at radius 3 is 2.95 bits per heavy atom. The van der Waals surface area contributed by atoms with E-state index in [1.807, 2.05) is 18.9 Å². The van der Waals surface area contributed by atoms with Gasteiger partial charge in [-0.05, 0) is 25.8 Å². The maximum atomic E-state index is 12.5. The molecule has 1 amide bonds. The molecule has 2 aromatic rings. The molecule has 0 spiro atoms. The zero-order valence-electron chi connectivity index (χ0n) is 11.5. The number of likely N-dealkylation sites (tertiary alicyclic amines) is 1. The number of carbonyl (C=O) groups is 1. The van der Waals surface area contributed by atoms with Crippen LogP contribution in [0.15, 0.2) is 23.0 Å². The fraction of sp³-hybridized carbons (Fsp3) is 0.429. The number of hydrogen-bond donors (Lipinski definition) is 0. The third kappa shape index (κ3) is 2.02. The van der Waals surface area contributed by atoms with Gasteiger partial charge in [0.15, 0.2) is 0 Å². The Morgan fingerprint density at radius 2 is 2.35 bits per heavy atom. The molecule has 1 fully saturated rings. The van der Waals surface area contributed by atoms with E-state index < -0.39 is 0 Å². The standard InChI is InChI=1S/C14H16ClN3O2/c1-9-12(13(15)17(2)16-9)11-4-3-6-18(11)14(19)10-5-7-20-8-10/h5,7-8,11H,3-4,6H2,1-2H3. The summed E-state index contributed by atoms with van der Waals surface area (Å²) in [6, 6.07) is 1.69. The zero-order chi connectivity index (χ0) is 14.3. The third-order valence-electron chi connectivity index (χ3n) is 3.81. The van der Waals surface area contributed by atoms with Crippen molar-refractivity contribution in [3.05, 3.63) is 40.6 Å². The molecule has 0 aliphatic carbocycles. The van der Waals surface area contributed by atoms with Gasteiger partial charge in [0, 0.05) is 19.2 Å². The second-order valence-electron chi connectivity index (χ2n) is 5.08. The molecule has 0 aromatic carbocycles. The van der Waals surface area contributed by atoms with Gasteiger partial charge in [-0.15, -0.1) is 0 Å².